The standard InChI is InChI=1S/C9H7BrF3NO2/c1-16-6(15)2-4-5(8(11)12)3-14-9(13)7(4)10/h3,8H,2H2,1H3. The zero-order valence-corrected chi connectivity index (χ0v) is 9.72. The predicted octanol–water partition coefficient (Wildman–Crippen LogP) is 2.64. The van der Waals surface area contributed by atoms with Crippen LogP contribution in [-0.2, 0) is 16.0 Å². The molecule has 0 spiro atoms. The minimum atomic E-state index is -2.83. The third kappa shape index (κ3) is 2.72. The quantitative estimate of drug-likeness (QED) is 0.636. The Morgan fingerprint density at radius 2 is 2.25 bits per heavy atom. The molecule has 0 bridgehead atoms. The molecule has 0 atom stereocenters. The molecule has 1 aromatic rings. The van der Waals surface area contributed by atoms with Gasteiger partial charge in [-0.25, -0.2) is 13.8 Å². The molecule has 0 saturated carbocycles. The summed E-state index contributed by atoms with van der Waals surface area (Å²) in [5.41, 5.74) is -0.631. The van der Waals surface area contributed by atoms with E-state index in [9.17, 15) is 18.0 Å². The van der Waals surface area contributed by atoms with Gasteiger partial charge < -0.3 is 4.74 Å². The van der Waals surface area contributed by atoms with Crippen molar-refractivity contribution in [2.45, 2.75) is 12.8 Å². The monoisotopic (exact) mass is 297 g/mol. The molecule has 0 aliphatic carbocycles. The number of methoxy groups -OCH3 is 1. The molecule has 1 rings (SSSR count). The number of halogens is 4. The highest BCUT2D eigenvalue weighted by molar-refractivity contribution is 9.10. The van der Waals surface area contributed by atoms with Crippen LogP contribution in [0.2, 0.25) is 0 Å². The maximum atomic E-state index is 13.0. The highest BCUT2D eigenvalue weighted by Gasteiger charge is 2.21. The topological polar surface area (TPSA) is 39.2 Å². The number of alkyl halides is 2. The van der Waals surface area contributed by atoms with Gasteiger partial charge in [-0.3, -0.25) is 4.79 Å². The number of hydrogen-bond acceptors (Lipinski definition) is 3. The number of pyridine rings is 1. The van der Waals surface area contributed by atoms with E-state index in [-0.39, 0.29) is 10.0 Å². The lowest BCUT2D eigenvalue weighted by Crippen LogP contribution is -2.09. The van der Waals surface area contributed by atoms with Crippen molar-refractivity contribution in [3.05, 3.63) is 27.7 Å². The highest BCUT2D eigenvalue weighted by atomic mass is 79.9. The number of carbonyl (C=O) groups is 1. The van der Waals surface area contributed by atoms with E-state index in [1.54, 1.807) is 0 Å². The molecule has 0 radical (unpaired) electrons. The lowest BCUT2D eigenvalue weighted by atomic mass is 10.1. The minimum Gasteiger partial charge on any atom is -0.469 e. The van der Waals surface area contributed by atoms with Crippen molar-refractivity contribution in [1.29, 1.82) is 0 Å². The predicted molar refractivity (Wildman–Crippen MR) is 52.6 cm³/mol. The van der Waals surface area contributed by atoms with E-state index in [1.165, 1.54) is 0 Å². The Morgan fingerprint density at radius 3 is 2.75 bits per heavy atom. The van der Waals surface area contributed by atoms with Crippen LogP contribution in [0.4, 0.5) is 13.2 Å². The molecule has 16 heavy (non-hydrogen) atoms. The number of nitrogens with zero attached hydrogens (tertiary/aromatic N) is 1. The number of ether oxygens (including phenoxy) is 1. The van der Waals surface area contributed by atoms with Crippen LogP contribution in [0.15, 0.2) is 10.7 Å². The first-order valence-corrected chi connectivity index (χ1v) is 4.94. The van der Waals surface area contributed by atoms with Crippen LogP contribution in [0, 0.1) is 5.95 Å². The van der Waals surface area contributed by atoms with Crippen LogP contribution >= 0.6 is 15.9 Å². The molecule has 1 heterocycles. The van der Waals surface area contributed by atoms with Gasteiger partial charge in [0.15, 0.2) is 0 Å². The zero-order chi connectivity index (χ0) is 12.3. The maximum absolute atomic E-state index is 13.0. The lowest BCUT2D eigenvalue weighted by molar-refractivity contribution is -0.139. The van der Waals surface area contributed by atoms with Crippen molar-refractivity contribution < 1.29 is 22.7 Å². The fourth-order valence-electron chi connectivity index (χ4n) is 1.10. The molecule has 0 N–H and O–H groups in total. The maximum Gasteiger partial charge on any atom is 0.310 e. The molecular formula is C9H7BrF3NO2. The lowest BCUT2D eigenvalue weighted by Gasteiger charge is -2.09. The van der Waals surface area contributed by atoms with Gasteiger partial charge in [-0.15, -0.1) is 0 Å². The van der Waals surface area contributed by atoms with E-state index < -0.39 is 30.3 Å². The van der Waals surface area contributed by atoms with Crippen molar-refractivity contribution in [1.82, 2.24) is 4.98 Å². The summed E-state index contributed by atoms with van der Waals surface area (Å²) >= 11 is 2.78. The van der Waals surface area contributed by atoms with Gasteiger partial charge in [0.2, 0.25) is 5.95 Å². The zero-order valence-electron chi connectivity index (χ0n) is 8.14. The Bertz CT molecular complexity index is 412. The largest absolute Gasteiger partial charge is 0.469 e. The number of rotatable bonds is 3. The van der Waals surface area contributed by atoms with Crippen molar-refractivity contribution >= 4 is 21.9 Å². The molecular weight excluding hydrogens is 291 g/mol. The highest BCUT2D eigenvalue weighted by Crippen LogP contribution is 2.29. The molecule has 1 aromatic heterocycles. The molecule has 7 heteroatoms. The first-order chi connectivity index (χ1) is 7.47. The van der Waals surface area contributed by atoms with E-state index in [4.69, 9.17) is 0 Å². The number of hydrogen-bond donors (Lipinski definition) is 0. The molecule has 0 aliphatic heterocycles. The second kappa shape index (κ2) is 5.29. The Balaban J connectivity index is 3.20. The smallest absolute Gasteiger partial charge is 0.310 e. The summed E-state index contributed by atoms with van der Waals surface area (Å²) in [6.45, 7) is 0. The van der Waals surface area contributed by atoms with Crippen LogP contribution < -0.4 is 0 Å². The average Bonchev–Trinajstić information content (AvgIpc) is 2.24. The van der Waals surface area contributed by atoms with E-state index >= 15 is 0 Å². The van der Waals surface area contributed by atoms with E-state index in [0.717, 1.165) is 7.11 Å². The van der Waals surface area contributed by atoms with Crippen LogP contribution in [0.25, 0.3) is 0 Å². The molecule has 0 unspecified atom stereocenters. The Labute approximate surface area is 97.8 Å². The van der Waals surface area contributed by atoms with Crippen LogP contribution in [0.3, 0.4) is 0 Å². The summed E-state index contributed by atoms with van der Waals surface area (Å²) in [4.78, 5) is 14.1. The van der Waals surface area contributed by atoms with Gasteiger partial charge in [-0.1, -0.05) is 0 Å². The fourth-order valence-corrected chi connectivity index (χ4v) is 1.57. The van der Waals surface area contributed by atoms with Gasteiger partial charge in [-0.2, -0.15) is 4.39 Å². The van der Waals surface area contributed by atoms with Crippen LogP contribution in [0.5, 0.6) is 0 Å². The first kappa shape index (κ1) is 13.0. The normalized spacial score (nSPS) is 10.6. The summed E-state index contributed by atoms with van der Waals surface area (Å²) in [5.74, 6) is -1.67. The molecule has 3 nitrogen and oxygen atoms in total. The molecule has 0 saturated heterocycles. The SMILES string of the molecule is COC(=O)Cc1c(C(F)F)cnc(F)c1Br. The second-order valence-corrected chi connectivity index (χ2v) is 3.64. The van der Waals surface area contributed by atoms with Crippen molar-refractivity contribution in [2.75, 3.05) is 7.11 Å². The Hall–Kier alpha value is -1.11. The third-order valence-electron chi connectivity index (χ3n) is 1.90. The molecule has 0 fully saturated rings. The van der Waals surface area contributed by atoms with Gasteiger partial charge in [0.1, 0.15) is 0 Å². The molecule has 0 aromatic carbocycles. The average molecular weight is 298 g/mol. The molecule has 0 aliphatic rings. The summed E-state index contributed by atoms with van der Waals surface area (Å²) in [6.07, 6.45) is -2.55. The minimum absolute atomic E-state index is 0.144. The summed E-state index contributed by atoms with van der Waals surface area (Å²) in [6, 6.07) is 0. The van der Waals surface area contributed by atoms with Crippen LogP contribution in [0.1, 0.15) is 17.6 Å². The number of esters is 1. The van der Waals surface area contributed by atoms with Gasteiger partial charge in [0, 0.05) is 11.8 Å². The second-order valence-electron chi connectivity index (χ2n) is 2.85. The number of carbonyl (C=O) groups excluding carboxylic acids is 1. The Kier molecular flexibility index (Phi) is 4.28. The summed E-state index contributed by atoms with van der Waals surface area (Å²) < 4.78 is 42.2. The molecule has 0 amide bonds. The van der Waals surface area contributed by atoms with Crippen molar-refractivity contribution in [3.8, 4) is 0 Å². The van der Waals surface area contributed by atoms with Gasteiger partial charge >= 0.3 is 5.97 Å². The van der Waals surface area contributed by atoms with Crippen molar-refractivity contribution in [2.24, 2.45) is 0 Å². The van der Waals surface area contributed by atoms with Gasteiger partial charge in [0.25, 0.3) is 6.43 Å². The summed E-state index contributed by atoms with van der Waals surface area (Å²) in [5, 5.41) is 0. The van der Waals surface area contributed by atoms with Gasteiger partial charge in [-0.05, 0) is 21.5 Å². The number of aromatic nitrogens is 1. The first-order valence-electron chi connectivity index (χ1n) is 4.15. The molecule has 88 valence electrons. The van der Waals surface area contributed by atoms with E-state index in [0.29, 0.717) is 6.20 Å². The Morgan fingerprint density at radius 1 is 1.62 bits per heavy atom. The van der Waals surface area contributed by atoms with Crippen molar-refractivity contribution in [3.63, 3.8) is 0 Å². The third-order valence-corrected chi connectivity index (χ3v) is 2.70. The van der Waals surface area contributed by atoms with Gasteiger partial charge in [0.05, 0.1) is 18.0 Å². The summed E-state index contributed by atoms with van der Waals surface area (Å²) in [7, 11) is 1.12. The fraction of sp³-hybridized carbons (Fsp3) is 0.333. The van der Waals surface area contributed by atoms with E-state index in [1.807, 2.05) is 0 Å². The van der Waals surface area contributed by atoms with Crippen LogP contribution in [-0.4, -0.2) is 18.1 Å². The van der Waals surface area contributed by atoms with E-state index in [2.05, 4.69) is 25.7 Å².